The number of aliphatic hydroxyl groups excluding tert-OH is 1. The lowest BCUT2D eigenvalue weighted by Gasteiger charge is -2.18. The number of carbonyl (C=O) groups excluding carboxylic acids is 1. The van der Waals surface area contributed by atoms with Crippen molar-refractivity contribution in [1.29, 1.82) is 0 Å². The van der Waals surface area contributed by atoms with Gasteiger partial charge in [-0.05, 0) is 56.6 Å². The molecule has 0 unspecified atom stereocenters. The predicted molar refractivity (Wildman–Crippen MR) is 136 cm³/mol. The van der Waals surface area contributed by atoms with Gasteiger partial charge >= 0.3 is 0 Å². The van der Waals surface area contributed by atoms with Crippen molar-refractivity contribution < 1.29 is 9.90 Å². The Labute approximate surface area is 202 Å². The van der Waals surface area contributed by atoms with E-state index in [2.05, 4.69) is 10.2 Å². The van der Waals surface area contributed by atoms with Gasteiger partial charge in [0.05, 0.1) is 22.5 Å². The van der Waals surface area contributed by atoms with Crippen molar-refractivity contribution in [1.82, 2.24) is 24.2 Å². The van der Waals surface area contributed by atoms with Gasteiger partial charge in [0.2, 0.25) is 5.43 Å². The number of amides is 1. The van der Waals surface area contributed by atoms with E-state index in [1.165, 1.54) is 12.8 Å². The van der Waals surface area contributed by atoms with Crippen LogP contribution in [0.5, 0.6) is 0 Å². The summed E-state index contributed by atoms with van der Waals surface area (Å²) in [5, 5.41) is 13.4. The maximum absolute atomic E-state index is 13.7. The first-order valence-corrected chi connectivity index (χ1v) is 12.4. The van der Waals surface area contributed by atoms with Crippen LogP contribution in [0.3, 0.4) is 0 Å². The van der Waals surface area contributed by atoms with Gasteiger partial charge in [0.1, 0.15) is 17.0 Å². The highest BCUT2D eigenvalue weighted by molar-refractivity contribution is 6.05. The molecule has 2 aliphatic heterocycles. The molecule has 2 fully saturated rings. The number of aliphatic hydroxyl groups is 1. The van der Waals surface area contributed by atoms with Crippen molar-refractivity contribution in [2.45, 2.75) is 25.4 Å². The number of hydrogen-bond acceptors (Lipinski definition) is 6. The summed E-state index contributed by atoms with van der Waals surface area (Å²) in [5.41, 5.74) is 2.68. The van der Waals surface area contributed by atoms with Crippen molar-refractivity contribution in [3.63, 3.8) is 0 Å². The molecule has 0 aliphatic carbocycles. The van der Waals surface area contributed by atoms with E-state index >= 15 is 0 Å². The Morgan fingerprint density at radius 1 is 1.11 bits per heavy atom. The second kappa shape index (κ2) is 8.66. The van der Waals surface area contributed by atoms with Crippen LogP contribution in [-0.2, 0) is 7.05 Å². The van der Waals surface area contributed by atoms with Crippen LogP contribution in [0, 0.1) is 0 Å². The number of imidazole rings is 1. The van der Waals surface area contributed by atoms with Gasteiger partial charge in [0, 0.05) is 33.2 Å². The first-order valence-electron chi connectivity index (χ1n) is 12.4. The number of aryl methyl sites for hydroxylation is 1. The first kappa shape index (κ1) is 22.1. The molecule has 0 spiro atoms. The number of carbonyl (C=O) groups is 1. The molecular formula is C26H30N6O3. The summed E-state index contributed by atoms with van der Waals surface area (Å²) < 4.78 is 3.83. The van der Waals surface area contributed by atoms with Crippen molar-refractivity contribution in [3.8, 4) is 0 Å². The van der Waals surface area contributed by atoms with Gasteiger partial charge < -0.3 is 24.8 Å². The van der Waals surface area contributed by atoms with Gasteiger partial charge in [0.25, 0.3) is 5.91 Å². The summed E-state index contributed by atoms with van der Waals surface area (Å²) in [4.78, 5) is 36.4. The molecule has 9 heteroatoms. The van der Waals surface area contributed by atoms with Crippen molar-refractivity contribution in [2.24, 2.45) is 7.05 Å². The number of nitrogens with one attached hydrogen (secondary N) is 1. The van der Waals surface area contributed by atoms with E-state index in [-0.39, 0.29) is 23.0 Å². The summed E-state index contributed by atoms with van der Waals surface area (Å²) >= 11 is 0. The van der Waals surface area contributed by atoms with Gasteiger partial charge in [-0.2, -0.15) is 0 Å². The number of hydrogen-bond donors (Lipinski definition) is 2. The summed E-state index contributed by atoms with van der Waals surface area (Å²) in [6.07, 6.45) is 2.71. The van der Waals surface area contributed by atoms with E-state index in [0.29, 0.717) is 42.7 Å². The normalized spacial score (nSPS) is 18.9. The third-order valence-corrected chi connectivity index (χ3v) is 7.41. The average molecular weight is 475 g/mol. The fourth-order valence-electron chi connectivity index (χ4n) is 5.58. The molecule has 0 bridgehead atoms. The highest BCUT2D eigenvalue weighted by atomic mass is 16.3. The van der Waals surface area contributed by atoms with Crippen LogP contribution in [0.25, 0.3) is 27.7 Å². The van der Waals surface area contributed by atoms with Crippen LogP contribution < -0.4 is 15.6 Å². The molecule has 0 radical (unpaired) electrons. The molecule has 1 amide bonds. The number of para-hydroxylation sites is 2. The molecule has 2 saturated heterocycles. The second-order valence-electron chi connectivity index (χ2n) is 9.64. The minimum absolute atomic E-state index is 0.142. The number of benzene rings is 1. The summed E-state index contributed by atoms with van der Waals surface area (Å²) in [5.74, 6) is 0.365. The van der Waals surface area contributed by atoms with E-state index in [9.17, 15) is 14.7 Å². The number of β-amino-alcohol motifs (C(OH)–C–C–N with tert-alkyl or cyclic N) is 1. The van der Waals surface area contributed by atoms with Gasteiger partial charge in [-0.3, -0.25) is 14.0 Å². The molecule has 1 atom stereocenters. The third kappa shape index (κ3) is 3.66. The van der Waals surface area contributed by atoms with Crippen LogP contribution in [0.1, 0.15) is 29.6 Å². The Bertz CT molecular complexity index is 1500. The zero-order valence-electron chi connectivity index (χ0n) is 19.9. The molecule has 9 nitrogen and oxygen atoms in total. The molecule has 6 rings (SSSR count). The molecule has 182 valence electrons. The van der Waals surface area contributed by atoms with Crippen LogP contribution in [0.15, 0.2) is 41.2 Å². The van der Waals surface area contributed by atoms with E-state index in [1.54, 1.807) is 6.07 Å². The van der Waals surface area contributed by atoms with E-state index in [4.69, 9.17) is 4.98 Å². The van der Waals surface area contributed by atoms with Gasteiger partial charge in [-0.1, -0.05) is 12.1 Å². The highest BCUT2D eigenvalue weighted by Gasteiger charge is 2.26. The number of anilines is 1. The topological polar surface area (TPSA) is 95.1 Å². The highest BCUT2D eigenvalue weighted by Crippen LogP contribution is 2.27. The van der Waals surface area contributed by atoms with Crippen LogP contribution in [0.4, 0.5) is 5.82 Å². The van der Waals surface area contributed by atoms with Crippen LogP contribution in [0.2, 0.25) is 0 Å². The zero-order chi connectivity index (χ0) is 24.1. The molecule has 4 aromatic rings. The Morgan fingerprint density at radius 2 is 1.89 bits per heavy atom. The van der Waals surface area contributed by atoms with Crippen molar-refractivity contribution >= 4 is 39.4 Å². The standard InChI is InChI=1S/C26H30N6O3/c1-29-19-6-2-3-7-20(19)32-24-18(8-9-21(28-24)31-14-10-17(33)16-31)23(34)22(26(29)32)25(35)27-11-15-30-12-4-5-13-30/h2-3,6-9,17,33H,4-5,10-16H2,1H3,(H,27,35)/t17-/m0/s1. The van der Waals surface area contributed by atoms with Crippen LogP contribution in [-0.4, -0.2) is 75.2 Å². The van der Waals surface area contributed by atoms with Crippen molar-refractivity contribution in [2.75, 3.05) is 44.2 Å². The number of aromatic nitrogens is 3. The SMILES string of the molecule is Cn1c2ccccc2n2c3nc(N4CC[C@H](O)C4)ccc3c(=O)c(C(=O)NCCN3CCCC3)c12. The van der Waals surface area contributed by atoms with Crippen LogP contribution >= 0.6 is 0 Å². The first-order chi connectivity index (χ1) is 17.0. The van der Waals surface area contributed by atoms with Gasteiger partial charge in [-0.15, -0.1) is 0 Å². The molecule has 2 N–H and O–H groups in total. The maximum atomic E-state index is 13.7. The van der Waals surface area contributed by atoms with E-state index in [0.717, 1.165) is 36.5 Å². The monoisotopic (exact) mass is 474 g/mol. The lowest BCUT2D eigenvalue weighted by Crippen LogP contribution is -2.36. The number of fused-ring (bicyclic) bond motifs is 5. The number of pyridine rings is 2. The number of likely N-dealkylation sites (tertiary alicyclic amines) is 1. The van der Waals surface area contributed by atoms with Crippen molar-refractivity contribution in [3.05, 3.63) is 52.2 Å². The lowest BCUT2D eigenvalue weighted by molar-refractivity contribution is 0.0950. The number of nitrogens with zero attached hydrogens (tertiary/aromatic N) is 5. The molecule has 2 aliphatic rings. The maximum Gasteiger partial charge on any atom is 0.259 e. The number of rotatable bonds is 5. The Kier molecular flexibility index (Phi) is 5.46. The summed E-state index contributed by atoms with van der Waals surface area (Å²) in [6, 6.07) is 11.4. The third-order valence-electron chi connectivity index (χ3n) is 7.41. The Balaban J connectivity index is 1.51. The van der Waals surface area contributed by atoms with Gasteiger partial charge in [-0.25, -0.2) is 4.98 Å². The van der Waals surface area contributed by atoms with E-state index in [1.807, 2.05) is 51.2 Å². The summed E-state index contributed by atoms with van der Waals surface area (Å²) in [6.45, 7) is 4.63. The van der Waals surface area contributed by atoms with E-state index < -0.39 is 0 Å². The summed E-state index contributed by atoms with van der Waals surface area (Å²) in [7, 11) is 1.88. The lowest BCUT2D eigenvalue weighted by atomic mass is 10.1. The minimum Gasteiger partial charge on any atom is -0.391 e. The fourth-order valence-corrected chi connectivity index (χ4v) is 5.58. The minimum atomic E-state index is -0.376. The predicted octanol–water partition coefficient (Wildman–Crippen LogP) is 1.74. The molecular weight excluding hydrogens is 444 g/mol. The zero-order valence-corrected chi connectivity index (χ0v) is 19.9. The molecule has 35 heavy (non-hydrogen) atoms. The Hall–Kier alpha value is -3.43. The fraction of sp³-hybridized carbons (Fsp3) is 0.423. The molecule has 0 saturated carbocycles. The molecule has 3 aromatic heterocycles. The van der Waals surface area contributed by atoms with Gasteiger partial charge in [0.15, 0.2) is 5.65 Å². The molecule has 5 heterocycles. The molecule has 1 aromatic carbocycles. The average Bonchev–Trinajstić information content (AvgIpc) is 3.60. The smallest absolute Gasteiger partial charge is 0.259 e. The largest absolute Gasteiger partial charge is 0.391 e. The second-order valence-corrected chi connectivity index (χ2v) is 9.64. The quantitative estimate of drug-likeness (QED) is 0.458. The Morgan fingerprint density at radius 3 is 2.63 bits per heavy atom.